The Hall–Kier alpha value is -1.29. The number of carbonyl (C=O) groups is 1. The lowest BCUT2D eigenvalue weighted by atomic mass is 10.3. The first kappa shape index (κ1) is 8.31. The van der Waals surface area contributed by atoms with E-state index in [0.29, 0.717) is 16.6 Å². The molecule has 0 bridgehead atoms. The van der Waals surface area contributed by atoms with Gasteiger partial charge in [0.05, 0.1) is 5.02 Å². The highest BCUT2D eigenvalue weighted by atomic mass is 35.5. The Morgan fingerprint density at radius 1 is 1.69 bits per heavy atom. The zero-order chi connectivity index (χ0) is 9.42. The third-order valence-electron chi connectivity index (χ3n) is 1.84. The van der Waals surface area contributed by atoms with Gasteiger partial charge < -0.3 is 4.74 Å². The second-order valence-electron chi connectivity index (χ2n) is 2.72. The molecule has 0 saturated carbocycles. The number of pyridine rings is 1. The first-order chi connectivity index (χ1) is 6.18. The number of halogens is 1. The smallest absolute Gasteiger partial charge is 0.265 e. The van der Waals surface area contributed by atoms with Gasteiger partial charge in [-0.1, -0.05) is 11.6 Å². The van der Waals surface area contributed by atoms with E-state index in [2.05, 4.69) is 4.98 Å². The van der Waals surface area contributed by atoms with Crippen LogP contribution in [0.3, 0.4) is 0 Å². The van der Waals surface area contributed by atoms with Crippen molar-refractivity contribution in [3.8, 4) is 5.75 Å². The van der Waals surface area contributed by atoms with E-state index < -0.39 is 0 Å². The number of hydrogen-bond donors (Lipinski definition) is 0. The Balaban J connectivity index is 2.49. The molecule has 5 heteroatoms. The number of carbonyl (C=O) groups excluding carboxylic acids is 1. The summed E-state index contributed by atoms with van der Waals surface area (Å²) in [4.78, 5) is 16.6. The molecular formula is C8H7ClN2O2. The Bertz CT molecular complexity index is 367. The van der Waals surface area contributed by atoms with Crippen molar-refractivity contribution >= 4 is 23.3 Å². The quantitative estimate of drug-likeness (QED) is 0.627. The van der Waals surface area contributed by atoms with Gasteiger partial charge in [0.1, 0.15) is 0 Å². The molecule has 1 aliphatic rings. The summed E-state index contributed by atoms with van der Waals surface area (Å²) in [5.41, 5.74) is 0. The lowest BCUT2D eigenvalue weighted by Crippen LogP contribution is -2.36. The van der Waals surface area contributed by atoms with Gasteiger partial charge in [-0.15, -0.1) is 0 Å². The van der Waals surface area contributed by atoms with E-state index in [-0.39, 0.29) is 12.5 Å². The molecule has 0 fully saturated rings. The highest BCUT2D eigenvalue weighted by molar-refractivity contribution is 6.30. The summed E-state index contributed by atoms with van der Waals surface area (Å²) in [5.74, 6) is 0.956. The van der Waals surface area contributed by atoms with Gasteiger partial charge in [0, 0.05) is 19.3 Å². The molecule has 0 N–H and O–H groups in total. The molecule has 0 atom stereocenters. The summed E-state index contributed by atoms with van der Waals surface area (Å²) in [6.07, 6.45) is 1.48. The van der Waals surface area contributed by atoms with Crippen LogP contribution in [0.5, 0.6) is 5.75 Å². The second-order valence-corrected chi connectivity index (χ2v) is 3.15. The zero-order valence-electron chi connectivity index (χ0n) is 6.95. The minimum Gasteiger partial charge on any atom is -0.480 e. The van der Waals surface area contributed by atoms with Crippen molar-refractivity contribution < 1.29 is 9.53 Å². The molecule has 0 aromatic carbocycles. The van der Waals surface area contributed by atoms with Crippen molar-refractivity contribution in [2.45, 2.75) is 0 Å². The molecule has 1 amide bonds. The van der Waals surface area contributed by atoms with E-state index >= 15 is 0 Å². The fraction of sp³-hybridized carbons (Fsp3) is 0.250. The average Bonchev–Trinajstić information content (AvgIpc) is 2.12. The number of aromatic nitrogens is 1. The van der Waals surface area contributed by atoms with Crippen LogP contribution in [0, 0.1) is 0 Å². The number of rotatable bonds is 0. The molecule has 0 spiro atoms. The molecular weight excluding hydrogens is 192 g/mol. The van der Waals surface area contributed by atoms with Gasteiger partial charge in [0.25, 0.3) is 5.91 Å². The molecule has 13 heavy (non-hydrogen) atoms. The fourth-order valence-corrected chi connectivity index (χ4v) is 1.27. The van der Waals surface area contributed by atoms with Crippen molar-refractivity contribution in [3.63, 3.8) is 0 Å². The summed E-state index contributed by atoms with van der Waals surface area (Å²) in [6.45, 7) is 0.0471. The molecule has 0 aliphatic carbocycles. The Labute approximate surface area is 80.1 Å². The van der Waals surface area contributed by atoms with E-state index in [1.807, 2.05) is 0 Å². The number of amides is 1. The molecule has 1 aromatic heterocycles. The number of fused-ring (bicyclic) bond motifs is 1. The predicted octanol–water partition coefficient (Wildman–Crippen LogP) is 1.09. The Kier molecular flexibility index (Phi) is 1.84. The SMILES string of the molecule is CN1C(=O)COc2cc(Cl)cnc21. The van der Waals surface area contributed by atoms with Crippen molar-refractivity contribution in [1.82, 2.24) is 4.98 Å². The number of anilines is 1. The first-order valence-corrected chi connectivity index (χ1v) is 4.11. The van der Waals surface area contributed by atoms with Crippen molar-refractivity contribution in [2.75, 3.05) is 18.6 Å². The van der Waals surface area contributed by atoms with Crippen molar-refractivity contribution in [1.29, 1.82) is 0 Å². The number of hydrogen-bond acceptors (Lipinski definition) is 3. The van der Waals surface area contributed by atoms with Gasteiger partial charge >= 0.3 is 0 Å². The lowest BCUT2D eigenvalue weighted by molar-refractivity contribution is -0.121. The van der Waals surface area contributed by atoms with E-state index in [1.54, 1.807) is 13.1 Å². The standard InChI is InChI=1S/C8H7ClN2O2/c1-11-7(12)4-13-6-2-5(9)3-10-8(6)11/h2-3H,4H2,1H3. The minimum atomic E-state index is -0.109. The van der Waals surface area contributed by atoms with Crippen LogP contribution in [-0.4, -0.2) is 24.5 Å². The van der Waals surface area contributed by atoms with E-state index in [0.717, 1.165) is 0 Å². The van der Waals surface area contributed by atoms with Crippen LogP contribution in [0.2, 0.25) is 5.02 Å². The third kappa shape index (κ3) is 1.33. The summed E-state index contributed by atoms with van der Waals surface area (Å²) < 4.78 is 5.15. The summed E-state index contributed by atoms with van der Waals surface area (Å²) in [7, 11) is 1.66. The zero-order valence-corrected chi connectivity index (χ0v) is 7.71. The number of ether oxygens (including phenoxy) is 1. The minimum absolute atomic E-state index is 0.0471. The number of likely N-dealkylation sites (N-methyl/N-ethyl adjacent to an activating group) is 1. The van der Waals surface area contributed by atoms with Crippen LogP contribution in [0.15, 0.2) is 12.3 Å². The monoisotopic (exact) mass is 198 g/mol. The Morgan fingerprint density at radius 2 is 2.46 bits per heavy atom. The van der Waals surface area contributed by atoms with E-state index in [4.69, 9.17) is 16.3 Å². The predicted molar refractivity (Wildman–Crippen MR) is 48.2 cm³/mol. The van der Waals surface area contributed by atoms with E-state index in [1.165, 1.54) is 11.1 Å². The van der Waals surface area contributed by atoms with Gasteiger partial charge in [-0.05, 0) is 0 Å². The maximum Gasteiger partial charge on any atom is 0.265 e. The van der Waals surface area contributed by atoms with E-state index in [9.17, 15) is 4.79 Å². The lowest BCUT2D eigenvalue weighted by Gasteiger charge is -2.24. The molecule has 1 aromatic rings. The topological polar surface area (TPSA) is 42.4 Å². The molecule has 1 aliphatic heterocycles. The third-order valence-corrected chi connectivity index (χ3v) is 2.05. The maximum atomic E-state index is 11.2. The molecule has 68 valence electrons. The highest BCUT2D eigenvalue weighted by Gasteiger charge is 2.23. The number of nitrogens with zero attached hydrogens (tertiary/aromatic N) is 2. The molecule has 2 rings (SSSR count). The molecule has 0 saturated heterocycles. The van der Waals surface area contributed by atoms with Gasteiger partial charge in [0.15, 0.2) is 18.2 Å². The molecule has 4 nitrogen and oxygen atoms in total. The van der Waals surface area contributed by atoms with Gasteiger partial charge in [0.2, 0.25) is 0 Å². The van der Waals surface area contributed by atoms with Crippen LogP contribution in [0.4, 0.5) is 5.82 Å². The summed E-state index contributed by atoms with van der Waals surface area (Å²) >= 11 is 5.71. The maximum absolute atomic E-state index is 11.2. The van der Waals surface area contributed by atoms with Gasteiger partial charge in [-0.3, -0.25) is 9.69 Å². The highest BCUT2D eigenvalue weighted by Crippen LogP contribution is 2.30. The molecule has 0 radical (unpaired) electrons. The largest absolute Gasteiger partial charge is 0.480 e. The van der Waals surface area contributed by atoms with Crippen LogP contribution in [0.1, 0.15) is 0 Å². The van der Waals surface area contributed by atoms with Crippen LogP contribution >= 0.6 is 11.6 Å². The average molecular weight is 199 g/mol. The normalized spacial score (nSPS) is 15.2. The summed E-state index contributed by atoms with van der Waals surface area (Å²) in [5, 5.41) is 0.501. The summed E-state index contributed by atoms with van der Waals surface area (Å²) in [6, 6.07) is 1.65. The second kappa shape index (κ2) is 2.88. The first-order valence-electron chi connectivity index (χ1n) is 3.73. The fourth-order valence-electron chi connectivity index (χ4n) is 1.13. The van der Waals surface area contributed by atoms with Gasteiger partial charge in [-0.25, -0.2) is 4.98 Å². The Morgan fingerprint density at radius 3 is 3.23 bits per heavy atom. The molecule has 0 unspecified atom stereocenters. The van der Waals surface area contributed by atoms with Gasteiger partial charge in [-0.2, -0.15) is 0 Å². The van der Waals surface area contributed by atoms with Crippen molar-refractivity contribution in [2.24, 2.45) is 0 Å². The van der Waals surface area contributed by atoms with Crippen molar-refractivity contribution in [3.05, 3.63) is 17.3 Å². The van der Waals surface area contributed by atoms with Crippen LogP contribution in [-0.2, 0) is 4.79 Å². The molecule has 2 heterocycles. The van der Waals surface area contributed by atoms with Crippen LogP contribution < -0.4 is 9.64 Å². The van der Waals surface area contributed by atoms with Crippen LogP contribution in [0.25, 0.3) is 0 Å².